The topological polar surface area (TPSA) is 38.1 Å². The Labute approximate surface area is 129 Å². The van der Waals surface area contributed by atoms with Crippen molar-refractivity contribution < 1.29 is 4.42 Å². The predicted octanol–water partition coefficient (Wildman–Crippen LogP) is 4.44. The van der Waals surface area contributed by atoms with Crippen molar-refractivity contribution in [2.75, 3.05) is 13.1 Å². The fraction of sp³-hybridized carbons (Fsp3) is 0.400. The predicted molar refractivity (Wildman–Crippen MR) is 83.4 cm³/mol. The zero-order chi connectivity index (χ0) is 14.5. The van der Waals surface area contributed by atoms with Crippen molar-refractivity contribution in [2.24, 2.45) is 5.92 Å². The van der Waals surface area contributed by atoms with Crippen molar-refractivity contribution in [3.63, 3.8) is 0 Å². The van der Waals surface area contributed by atoms with Gasteiger partial charge in [0, 0.05) is 28.6 Å². The van der Waals surface area contributed by atoms with Crippen molar-refractivity contribution in [2.45, 2.75) is 20.3 Å². The second-order valence-corrected chi connectivity index (χ2v) is 6.00. The molecule has 108 valence electrons. The molecule has 0 aliphatic rings. The summed E-state index contributed by atoms with van der Waals surface area (Å²) in [6.07, 6.45) is 2.47. The number of hydrogen-bond acceptors (Lipinski definition) is 3. The third kappa shape index (κ3) is 4.51. The largest absolute Gasteiger partial charge is 0.441 e. The van der Waals surface area contributed by atoms with Crippen LogP contribution in [0.4, 0.5) is 0 Å². The van der Waals surface area contributed by atoms with E-state index >= 15 is 0 Å². The number of hydrogen-bond donors (Lipinski definition) is 1. The minimum atomic E-state index is 0.587. The highest BCUT2D eigenvalue weighted by atomic mass is 35.5. The number of nitrogens with zero attached hydrogens (tertiary/aromatic N) is 1. The Morgan fingerprint density at radius 2 is 1.90 bits per heavy atom. The first-order valence-electron chi connectivity index (χ1n) is 6.66. The molecular formula is C15H18Cl2N2O. The number of aromatic nitrogens is 1. The van der Waals surface area contributed by atoms with Crippen LogP contribution in [0.25, 0.3) is 11.3 Å². The van der Waals surface area contributed by atoms with Crippen LogP contribution >= 0.6 is 23.2 Å². The van der Waals surface area contributed by atoms with Crippen LogP contribution in [0.15, 0.2) is 28.8 Å². The number of rotatable bonds is 6. The molecule has 1 aromatic carbocycles. The van der Waals surface area contributed by atoms with E-state index in [-0.39, 0.29) is 0 Å². The maximum Gasteiger partial charge on any atom is 0.196 e. The Morgan fingerprint density at radius 1 is 1.20 bits per heavy atom. The molecule has 3 nitrogen and oxygen atoms in total. The molecule has 1 aromatic heterocycles. The van der Waals surface area contributed by atoms with Gasteiger partial charge >= 0.3 is 0 Å². The Bertz CT molecular complexity index is 547. The SMILES string of the molecule is CC(C)CNCCc1ncc(-c2cc(Cl)cc(Cl)c2)o1. The molecule has 5 heteroatoms. The average molecular weight is 313 g/mol. The van der Waals surface area contributed by atoms with Gasteiger partial charge in [-0.2, -0.15) is 0 Å². The Balaban J connectivity index is 1.98. The molecule has 0 aliphatic carbocycles. The average Bonchev–Trinajstić information content (AvgIpc) is 2.82. The number of oxazole rings is 1. The molecule has 0 spiro atoms. The van der Waals surface area contributed by atoms with Gasteiger partial charge in [-0.3, -0.25) is 0 Å². The Hall–Kier alpha value is -1.03. The summed E-state index contributed by atoms with van der Waals surface area (Å²) in [4.78, 5) is 4.28. The maximum atomic E-state index is 5.98. The van der Waals surface area contributed by atoms with Crippen LogP contribution in [0.2, 0.25) is 10.0 Å². The molecule has 0 unspecified atom stereocenters. The van der Waals surface area contributed by atoms with Crippen molar-refractivity contribution in [3.8, 4) is 11.3 Å². The molecule has 0 atom stereocenters. The zero-order valence-corrected chi connectivity index (χ0v) is 13.1. The molecule has 1 N–H and O–H groups in total. The normalized spacial score (nSPS) is 11.2. The van der Waals surface area contributed by atoms with Crippen LogP contribution in [-0.4, -0.2) is 18.1 Å². The van der Waals surface area contributed by atoms with E-state index in [9.17, 15) is 0 Å². The highest BCUT2D eigenvalue weighted by molar-refractivity contribution is 6.35. The van der Waals surface area contributed by atoms with E-state index in [4.69, 9.17) is 27.6 Å². The van der Waals surface area contributed by atoms with Crippen molar-refractivity contribution in [1.82, 2.24) is 10.3 Å². The molecule has 1 heterocycles. The quantitative estimate of drug-likeness (QED) is 0.801. The third-order valence-corrected chi connectivity index (χ3v) is 3.21. The maximum absolute atomic E-state index is 5.98. The molecule has 0 amide bonds. The van der Waals surface area contributed by atoms with Crippen LogP contribution in [0, 0.1) is 5.92 Å². The molecule has 0 radical (unpaired) electrons. The van der Waals surface area contributed by atoms with Crippen molar-refractivity contribution >= 4 is 23.2 Å². The van der Waals surface area contributed by atoms with E-state index in [2.05, 4.69) is 24.1 Å². The first kappa shape index (κ1) is 15.4. The lowest BCUT2D eigenvalue weighted by atomic mass is 10.2. The molecule has 20 heavy (non-hydrogen) atoms. The first-order chi connectivity index (χ1) is 9.54. The zero-order valence-electron chi connectivity index (χ0n) is 11.6. The van der Waals surface area contributed by atoms with Crippen molar-refractivity contribution in [1.29, 1.82) is 0 Å². The summed E-state index contributed by atoms with van der Waals surface area (Å²) in [7, 11) is 0. The van der Waals surface area contributed by atoms with E-state index < -0.39 is 0 Å². The standard InChI is InChI=1S/C15H18Cl2N2O/c1-10(2)8-18-4-3-15-19-9-14(20-15)11-5-12(16)7-13(17)6-11/h5-7,9-10,18H,3-4,8H2,1-2H3. The van der Waals surface area contributed by atoms with Crippen LogP contribution < -0.4 is 5.32 Å². The monoisotopic (exact) mass is 312 g/mol. The van der Waals surface area contributed by atoms with E-state index in [0.717, 1.165) is 25.1 Å². The molecule has 0 saturated heterocycles. The second-order valence-electron chi connectivity index (χ2n) is 5.12. The van der Waals surface area contributed by atoms with E-state index in [0.29, 0.717) is 27.6 Å². The van der Waals surface area contributed by atoms with Crippen molar-refractivity contribution in [3.05, 3.63) is 40.3 Å². The van der Waals surface area contributed by atoms with Gasteiger partial charge in [0.1, 0.15) is 0 Å². The molecule has 0 bridgehead atoms. The molecule has 2 rings (SSSR count). The molecule has 2 aromatic rings. The Morgan fingerprint density at radius 3 is 2.55 bits per heavy atom. The molecular weight excluding hydrogens is 295 g/mol. The number of benzene rings is 1. The van der Waals surface area contributed by atoms with Gasteiger partial charge in [-0.25, -0.2) is 4.98 Å². The third-order valence-electron chi connectivity index (χ3n) is 2.77. The molecule has 0 fully saturated rings. The summed E-state index contributed by atoms with van der Waals surface area (Å²) < 4.78 is 5.72. The molecule has 0 saturated carbocycles. The number of nitrogens with one attached hydrogen (secondary N) is 1. The van der Waals surface area contributed by atoms with Gasteiger partial charge in [0.2, 0.25) is 0 Å². The lowest BCUT2D eigenvalue weighted by Crippen LogP contribution is -2.22. The van der Waals surface area contributed by atoms with Gasteiger partial charge in [-0.05, 0) is 30.7 Å². The highest BCUT2D eigenvalue weighted by Crippen LogP contribution is 2.27. The fourth-order valence-electron chi connectivity index (χ4n) is 1.84. The van der Waals surface area contributed by atoms with Gasteiger partial charge in [-0.1, -0.05) is 37.0 Å². The van der Waals surface area contributed by atoms with Gasteiger partial charge in [0.05, 0.1) is 6.20 Å². The van der Waals surface area contributed by atoms with E-state index in [1.165, 1.54) is 0 Å². The lowest BCUT2D eigenvalue weighted by Gasteiger charge is -2.05. The van der Waals surface area contributed by atoms with E-state index in [1.807, 2.05) is 12.1 Å². The summed E-state index contributed by atoms with van der Waals surface area (Å²) in [5, 5.41) is 4.53. The smallest absolute Gasteiger partial charge is 0.196 e. The Kier molecular flexibility index (Phi) is 5.46. The summed E-state index contributed by atoms with van der Waals surface area (Å²) in [6.45, 7) is 6.21. The van der Waals surface area contributed by atoms with Gasteiger partial charge in [0.15, 0.2) is 11.7 Å². The van der Waals surface area contributed by atoms with E-state index in [1.54, 1.807) is 12.3 Å². The van der Waals surface area contributed by atoms with Crippen LogP contribution in [-0.2, 0) is 6.42 Å². The first-order valence-corrected chi connectivity index (χ1v) is 7.42. The summed E-state index contributed by atoms with van der Waals surface area (Å²) >= 11 is 12.0. The molecule has 0 aliphatic heterocycles. The minimum Gasteiger partial charge on any atom is -0.441 e. The van der Waals surface area contributed by atoms with Crippen LogP contribution in [0.3, 0.4) is 0 Å². The van der Waals surface area contributed by atoms with Gasteiger partial charge in [0.25, 0.3) is 0 Å². The minimum absolute atomic E-state index is 0.587. The van der Waals surface area contributed by atoms with Crippen LogP contribution in [0.1, 0.15) is 19.7 Å². The highest BCUT2D eigenvalue weighted by Gasteiger charge is 2.08. The summed E-state index contributed by atoms with van der Waals surface area (Å²) in [6, 6.07) is 5.32. The van der Waals surface area contributed by atoms with Crippen LogP contribution in [0.5, 0.6) is 0 Å². The van der Waals surface area contributed by atoms with Gasteiger partial charge in [-0.15, -0.1) is 0 Å². The summed E-state index contributed by atoms with van der Waals surface area (Å²) in [5.74, 6) is 2.05. The lowest BCUT2D eigenvalue weighted by molar-refractivity contribution is 0.483. The summed E-state index contributed by atoms with van der Waals surface area (Å²) in [5.41, 5.74) is 0.844. The fourth-order valence-corrected chi connectivity index (χ4v) is 2.37. The number of halogens is 2. The second kappa shape index (κ2) is 7.11. The van der Waals surface area contributed by atoms with Gasteiger partial charge < -0.3 is 9.73 Å².